The summed E-state index contributed by atoms with van der Waals surface area (Å²) in [6.45, 7) is 2.28. The molecule has 1 aromatic carbocycles. The van der Waals surface area contributed by atoms with Crippen LogP contribution in [0.25, 0.3) is 16.9 Å². The molecule has 2 aliphatic carbocycles. The molecule has 9 nitrogen and oxygen atoms in total. The van der Waals surface area contributed by atoms with E-state index >= 15 is 0 Å². The van der Waals surface area contributed by atoms with E-state index in [1.807, 2.05) is 19.0 Å². The molecule has 3 fully saturated rings. The van der Waals surface area contributed by atoms with Gasteiger partial charge >= 0.3 is 0 Å². The fourth-order valence-electron chi connectivity index (χ4n) is 6.92. The highest BCUT2D eigenvalue weighted by Gasteiger charge is 2.43. The summed E-state index contributed by atoms with van der Waals surface area (Å²) in [4.78, 5) is 31.2. The maximum absolute atomic E-state index is 14.2. The Morgan fingerprint density at radius 3 is 2.48 bits per heavy atom. The molecule has 6 rings (SSSR count). The number of rotatable bonds is 9. The highest BCUT2D eigenvalue weighted by Crippen LogP contribution is 2.39. The average molecular weight is 583 g/mol. The van der Waals surface area contributed by atoms with Crippen LogP contribution in [-0.4, -0.2) is 82.2 Å². The molecule has 226 valence electrons. The summed E-state index contributed by atoms with van der Waals surface area (Å²) < 4.78 is 41.7. The number of hydrogen-bond donors (Lipinski definition) is 0. The minimum atomic E-state index is -2.78. The van der Waals surface area contributed by atoms with Gasteiger partial charge in [0.1, 0.15) is 11.9 Å². The van der Waals surface area contributed by atoms with Gasteiger partial charge in [0, 0.05) is 25.6 Å². The normalized spacial score (nSPS) is 22.8. The topological polar surface area (TPSA) is 85.6 Å². The molecule has 0 spiro atoms. The first-order valence-electron chi connectivity index (χ1n) is 15.2. The van der Waals surface area contributed by atoms with Gasteiger partial charge in [-0.25, -0.2) is 13.8 Å². The van der Waals surface area contributed by atoms with Crippen LogP contribution in [-0.2, 0) is 9.53 Å². The van der Waals surface area contributed by atoms with Crippen LogP contribution in [0.4, 0.5) is 14.7 Å². The number of fused-ring (bicyclic) bond motifs is 1. The molecule has 0 radical (unpaired) electrons. The minimum absolute atomic E-state index is 0.0694. The predicted octanol–water partition coefficient (Wildman–Crippen LogP) is 5.36. The third-order valence-electron chi connectivity index (χ3n) is 9.34. The predicted molar refractivity (Wildman–Crippen MR) is 156 cm³/mol. The number of aromatic nitrogens is 4. The first kappa shape index (κ1) is 28.9. The van der Waals surface area contributed by atoms with Gasteiger partial charge in [0.2, 0.25) is 11.8 Å². The van der Waals surface area contributed by atoms with Gasteiger partial charge in [-0.05, 0) is 70.7 Å². The van der Waals surface area contributed by atoms with Gasteiger partial charge in [-0.1, -0.05) is 25.0 Å². The van der Waals surface area contributed by atoms with E-state index in [9.17, 15) is 13.6 Å². The Hall–Kier alpha value is -3.18. The largest absolute Gasteiger partial charge is 0.474 e. The standard InChI is InChI=1S/C31H40F2N6O3/c1-37(2)31(13-5-6-14-31)25(40)19-21-9-11-22(12-10-21)42-27-20-26(35-30(36-27)38-15-17-41-18-16-38)39-24-8-4-3-7-23(24)34-29(39)28(32)33/h3-4,7-8,20-22,28H,5-6,9-19H2,1-2H3. The van der Waals surface area contributed by atoms with Gasteiger partial charge in [0.25, 0.3) is 6.43 Å². The van der Waals surface area contributed by atoms with E-state index in [2.05, 4.69) is 9.88 Å². The number of benzene rings is 1. The lowest BCUT2D eigenvalue weighted by atomic mass is 9.79. The first-order chi connectivity index (χ1) is 20.3. The zero-order chi connectivity index (χ0) is 29.3. The first-order valence-corrected chi connectivity index (χ1v) is 15.2. The van der Waals surface area contributed by atoms with E-state index in [-0.39, 0.29) is 17.5 Å². The monoisotopic (exact) mass is 582 g/mol. The number of carbonyl (C=O) groups is 1. The fourth-order valence-corrected chi connectivity index (χ4v) is 6.92. The molecule has 0 bridgehead atoms. The molecule has 2 aromatic heterocycles. The number of halogens is 2. The summed E-state index contributed by atoms with van der Waals surface area (Å²) in [6, 6.07) is 8.70. The Bertz CT molecular complexity index is 1390. The van der Waals surface area contributed by atoms with Gasteiger partial charge < -0.3 is 14.4 Å². The molecule has 1 saturated heterocycles. The summed E-state index contributed by atoms with van der Waals surface area (Å²) in [6.07, 6.45) is 5.37. The number of carbonyl (C=O) groups excluding carboxylic acids is 1. The Balaban J connectivity index is 1.22. The smallest absolute Gasteiger partial charge is 0.296 e. The van der Waals surface area contributed by atoms with Gasteiger partial charge in [-0.2, -0.15) is 9.97 Å². The van der Waals surface area contributed by atoms with Crippen molar-refractivity contribution in [3.63, 3.8) is 0 Å². The van der Waals surface area contributed by atoms with E-state index in [1.165, 1.54) is 4.57 Å². The van der Waals surface area contributed by atoms with Crippen molar-refractivity contribution in [2.24, 2.45) is 5.92 Å². The average Bonchev–Trinajstić information content (AvgIpc) is 3.65. The lowest BCUT2D eigenvalue weighted by Crippen LogP contribution is -2.49. The number of para-hydroxylation sites is 2. The van der Waals surface area contributed by atoms with Gasteiger partial charge in [-0.15, -0.1) is 0 Å². The van der Waals surface area contributed by atoms with Crippen LogP contribution in [0.3, 0.4) is 0 Å². The lowest BCUT2D eigenvalue weighted by Gasteiger charge is -2.37. The van der Waals surface area contributed by atoms with Crippen molar-refractivity contribution < 1.29 is 23.0 Å². The number of ketones is 1. The molecule has 0 atom stereocenters. The molecule has 2 saturated carbocycles. The maximum Gasteiger partial charge on any atom is 0.296 e. The Kier molecular flexibility index (Phi) is 8.40. The van der Waals surface area contributed by atoms with Crippen LogP contribution in [0.5, 0.6) is 5.88 Å². The molecule has 0 N–H and O–H groups in total. The summed E-state index contributed by atoms with van der Waals surface area (Å²) in [5, 5.41) is 0. The van der Waals surface area contributed by atoms with E-state index in [1.54, 1.807) is 30.3 Å². The van der Waals surface area contributed by atoms with Crippen molar-refractivity contribution in [3.05, 3.63) is 36.2 Å². The molecular formula is C31H40F2N6O3. The van der Waals surface area contributed by atoms with Gasteiger partial charge in [0.15, 0.2) is 11.6 Å². The fraction of sp³-hybridized carbons (Fsp3) is 0.613. The van der Waals surface area contributed by atoms with Gasteiger partial charge in [0.05, 0.1) is 29.8 Å². The van der Waals surface area contributed by atoms with E-state index < -0.39 is 6.43 Å². The SMILES string of the molecule is CN(C)C1(C(=O)CC2CCC(Oc3cc(-n4c(C(F)F)nc5ccccc54)nc(N4CCOCC4)n3)CC2)CCCC1. The number of alkyl halides is 2. The molecule has 11 heteroatoms. The third kappa shape index (κ3) is 5.73. The molecule has 3 heterocycles. The van der Waals surface area contributed by atoms with Gasteiger partial charge in [-0.3, -0.25) is 14.3 Å². The summed E-state index contributed by atoms with van der Waals surface area (Å²) in [7, 11) is 4.07. The zero-order valence-corrected chi connectivity index (χ0v) is 24.5. The molecular weight excluding hydrogens is 542 g/mol. The number of morpholine rings is 1. The van der Waals surface area contributed by atoms with Crippen molar-refractivity contribution in [3.8, 4) is 11.7 Å². The van der Waals surface area contributed by atoms with Crippen molar-refractivity contribution in [2.75, 3.05) is 45.3 Å². The van der Waals surface area contributed by atoms with Crippen LogP contribution in [0.2, 0.25) is 0 Å². The number of nitrogens with zero attached hydrogens (tertiary/aromatic N) is 6. The number of anilines is 1. The van der Waals surface area contributed by atoms with E-state index in [0.717, 1.165) is 51.4 Å². The van der Waals surface area contributed by atoms with Crippen molar-refractivity contribution in [1.82, 2.24) is 24.4 Å². The number of likely N-dealkylation sites (N-methyl/N-ethyl adjacent to an activating group) is 1. The van der Waals surface area contributed by atoms with Crippen molar-refractivity contribution >= 4 is 22.8 Å². The molecule has 1 aliphatic heterocycles. The van der Waals surface area contributed by atoms with Crippen molar-refractivity contribution in [2.45, 2.75) is 75.9 Å². The number of ether oxygens (including phenoxy) is 2. The quantitative estimate of drug-likeness (QED) is 0.333. The minimum Gasteiger partial charge on any atom is -0.474 e. The second kappa shape index (κ2) is 12.2. The maximum atomic E-state index is 14.2. The Morgan fingerprint density at radius 1 is 1.07 bits per heavy atom. The third-order valence-corrected chi connectivity index (χ3v) is 9.34. The Labute approximate surface area is 245 Å². The van der Waals surface area contributed by atoms with Crippen molar-refractivity contribution in [1.29, 1.82) is 0 Å². The molecule has 42 heavy (non-hydrogen) atoms. The second-order valence-corrected chi connectivity index (χ2v) is 12.1. The summed E-state index contributed by atoms with van der Waals surface area (Å²) >= 11 is 0. The van der Waals surface area contributed by atoms with Crippen LogP contribution in [0.1, 0.15) is 70.0 Å². The van der Waals surface area contributed by atoms with Crippen LogP contribution in [0, 0.1) is 5.92 Å². The molecule has 0 unspecified atom stereocenters. The lowest BCUT2D eigenvalue weighted by molar-refractivity contribution is -0.131. The van der Waals surface area contributed by atoms with E-state index in [4.69, 9.17) is 19.4 Å². The van der Waals surface area contributed by atoms with Crippen LogP contribution in [0.15, 0.2) is 30.3 Å². The number of hydrogen-bond acceptors (Lipinski definition) is 8. The highest BCUT2D eigenvalue weighted by atomic mass is 19.3. The number of Topliss-reactive ketones (excluding diaryl/α,β-unsaturated/α-hetero) is 1. The van der Waals surface area contributed by atoms with E-state index in [0.29, 0.717) is 73.1 Å². The number of imidazole rings is 1. The summed E-state index contributed by atoms with van der Waals surface area (Å²) in [5.41, 5.74) is 0.728. The molecule has 0 amide bonds. The zero-order valence-electron chi connectivity index (χ0n) is 24.5. The molecule has 3 aromatic rings. The Morgan fingerprint density at radius 2 is 1.79 bits per heavy atom. The second-order valence-electron chi connectivity index (χ2n) is 12.1. The van der Waals surface area contributed by atoms with Crippen LogP contribution >= 0.6 is 0 Å². The summed E-state index contributed by atoms with van der Waals surface area (Å²) in [5.74, 6) is 1.45. The molecule has 3 aliphatic rings. The highest BCUT2D eigenvalue weighted by molar-refractivity contribution is 5.89. The van der Waals surface area contributed by atoms with Crippen LogP contribution < -0.4 is 9.64 Å².